The van der Waals surface area contributed by atoms with Crippen molar-refractivity contribution in [2.45, 2.75) is 41.2 Å². The number of para-hydroxylation sites is 2. The number of urea groups is 1. The minimum absolute atomic E-state index is 0.0135. The summed E-state index contributed by atoms with van der Waals surface area (Å²) in [6.45, 7) is 12.0. The van der Waals surface area contributed by atoms with Crippen molar-refractivity contribution in [3.05, 3.63) is 60.4 Å². The van der Waals surface area contributed by atoms with E-state index < -0.39 is 0 Å². The number of hydrogen-bond acceptors (Lipinski definition) is 2. The Morgan fingerprint density at radius 1 is 0.964 bits per heavy atom. The van der Waals surface area contributed by atoms with Gasteiger partial charge in [-0.1, -0.05) is 58.9 Å². The van der Waals surface area contributed by atoms with Crippen molar-refractivity contribution in [2.24, 2.45) is 10.8 Å². The van der Waals surface area contributed by atoms with E-state index in [2.05, 4.69) is 60.9 Å². The van der Waals surface area contributed by atoms with Gasteiger partial charge in [-0.3, -0.25) is 4.57 Å². The lowest BCUT2D eigenvalue weighted by molar-refractivity contribution is 0.131. The Balaban J connectivity index is 1.57. The van der Waals surface area contributed by atoms with Gasteiger partial charge in [0.25, 0.3) is 0 Å². The van der Waals surface area contributed by atoms with Crippen molar-refractivity contribution in [3.63, 3.8) is 0 Å². The second kappa shape index (κ2) is 7.66. The zero-order valence-corrected chi connectivity index (χ0v) is 17.4. The number of nitrogens with one attached hydrogen (secondary N) is 2. The van der Waals surface area contributed by atoms with Crippen LogP contribution in [0.15, 0.2) is 54.9 Å². The first-order valence-electron chi connectivity index (χ1n) is 9.70. The third-order valence-corrected chi connectivity index (χ3v) is 5.84. The number of imidazole rings is 1. The number of hydrogen-bond donors (Lipinski definition) is 2. The van der Waals surface area contributed by atoms with Gasteiger partial charge >= 0.3 is 6.03 Å². The van der Waals surface area contributed by atoms with Crippen molar-refractivity contribution >= 4 is 17.1 Å². The fourth-order valence-electron chi connectivity index (χ4n) is 2.75. The Morgan fingerprint density at radius 2 is 1.64 bits per heavy atom. The van der Waals surface area contributed by atoms with Crippen LogP contribution in [-0.4, -0.2) is 22.1 Å². The first-order valence-corrected chi connectivity index (χ1v) is 9.70. The maximum Gasteiger partial charge on any atom is 0.315 e. The first kappa shape index (κ1) is 19.9. The summed E-state index contributed by atoms with van der Waals surface area (Å²) in [4.78, 5) is 16.6. The Morgan fingerprint density at radius 3 is 2.32 bits per heavy atom. The predicted molar refractivity (Wildman–Crippen MR) is 115 cm³/mol. The van der Waals surface area contributed by atoms with Crippen LogP contribution in [0.5, 0.6) is 0 Å². The molecule has 0 atom stereocenters. The van der Waals surface area contributed by atoms with Gasteiger partial charge in [-0.2, -0.15) is 0 Å². The number of carbonyl (C=O) groups is 1. The summed E-state index contributed by atoms with van der Waals surface area (Å²) in [7, 11) is 0. The Kier molecular flexibility index (Phi) is 5.45. The van der Waals surface area contributed by atoms with E-state index in [1.807, 2.05) is 48.8 Å². The van der Waals surface area contributed by atoms with Gasteiger partial charge in [0.15, 0.2) is 0 Å². The average molecular weight is 379 g/mol. The average Bonchev–Trinajstić information content (AvgIpc) is 3.08. The predicted octanol–water partition coefficient (Wildman–Crippen LogP) is 4.90. The second-order valence-corrected chi connectivity index (χ2v) is 8.94. The van der Waals surface area contributed by atoms with E-state index >= 15 is 0 Å². The first-order chi connectivity index (χ1) is 13.2. The monoisotopic (exact) mass is 378 g/mol. The molecule has 1 heterocycles. The lowest BCUT2D eigenvalue weighted by atomic mass is 9.69. The van der Waals surface area contributed by atoms with Crippen LogP contribution in [0.2, 0.25) is 0 Å². The third-order valence-electron chi connectivity index (χ3n) is 5.84. The van der Waals surface area contributed by atoms with Crippen molar-refractivity contribution in [1.82, 2.24) is 20.2 Å². The molecule has 28 heavy (non-hydrogen) atoms. The molecule has 148 valence electrons. The van der Waals surface area contributed by atoms with Gasteiger partial charge in [0, 0.05) is 18.8 Å². The standard InChI is InChI=1S/C23H30N4O/c1-22(2,3)23(4,5)15-25-21(28)24-14-17-10-12-18(13-11-17)27-16-26-19-8-6-7-9-20(19)27/h6-13,16H,14-15H2,1-5H3,(H2,24,25,28). The molecular weight excluding hydrogens is 348 g/mol. The molecule has 0 saturated carbocycles. The Labute approximate surface area is 167 Å². The number of fused-ring (bicyclic) bond motifs is 1. The van der Waals surface area contributed by atoms with Gasteiger partial charge in [0.1, 0.15) is 6.33 Å². The van der Waals surface area contributed by atoms with Crippen LogP contribution in [0.1, 0.15) is 40.2 Å². The molecular formula is C23H30N4O. The van der Waals surface area contributed by atoms with Crippen LogP contribution in [0.25, 0.3) is 16.7 Å². The molecule has 0 spiro atoms. The molecule has 5 nitrogen and oxygen atoms in total. The number of amides is 2. The summed E-state index contributed by atoms with van der Waals surface area (Å²) >= 11 is 0. The van der Waals surface area contributed by atoms with Gasteiger partial charge in [-0.25, -0.2) is 9.78 Å². The summed E-state index contributed by atoms with van der Waals surface area (Å²) in [6, 6.07) is 16.1. The molecule has 1 aromatic heterocycles. The van der Waals surface area contributed by atoms with Crippen molar-refractivity contribution in [2.75, 3.05) is 6.54 Å². The van der Waals surface area contributed by atoms with Gasteiger partial charge in [0.05, 0.1) is 11.0 Å². The van der Waals surface area contributed by atoms with Gasteiger partial charge in [-0.15, -0.1) is 0 Å². The van der Waals surface area contributed by atoms with Crippen molar-refractivity contribution < 1.29 is 4.79 Å². The van der Waals surface area contributed by atoms with E-state index in [0.717, 1.165) is 22.3 Å². The zero-order chi connectivity index (χ0) is 20.4. The summed E-state index contributed by atoms with van der Waals surface area (Å²) in [5, 5.41) is 5.93. The number of rotatable bonds is 5. The molecule has 0 aliphatic heterocycles. The smallest absolute Gasteiger partial charge is 0.315 e. The van der Waals surface area contributed by atoms with E-state index in [1.54, 1.807) is 0 Å². The van der Waals surface area contributed by atoms with E-state index in [0.29, 0.717) is 13.1 Å². The van der Waals surface area contributed by atoms with Gasteiger partial charge in [-0.05, 0) is 40.7 Å². The molecule has 3 aromatic rings. The zero-order valence-electron chi connectivity index (χ0n) is 17.4. The van der Waals surface area contributed by atoms with Crippen LogP contribution >= 0.6 is 0 Å². The van der Waals surface area contributed by atoms with Crippen LogP contribution in [-0.2, 0) is 6.54 Å². The van der Waals surface area contributed by atoms with Crippen LogP contribution in [0, 0.1) is 10.8 Å². The molecule has 0 aliphatic rings. The lowest BCUT2D eigenvalue weighted by Crippen LogP contribution is -2.45. The molecule has 0 fully saturated rings. The lowest BCUT2D eigenvalue weighted by Gasteiger charge is -2.38. The summed E-state index contributed by atoms with van der Waals surface area (Å²) in [6.07, 6.45) is 1.84. The van der Waals surface area contributed by atoms with E-state index in [9.17, 15) is 4.79 Å². The topological polar surface area (TPSA) is 59.0 Å². The highest BCUT2D eigenvalue weighted by Crippen LogP contribution is 2.36. The highest BCUT2D eigenvalue weighted by Gasteiger charge is 2.32. The largest absolute Gasteiger partial charge is 0.338 e. The number of carbonyl (C=O) groups excluding carboxylic acids is 1. The van der Waals surface area contributed by atoms with Gasteiger partial charge in [0.2, 0.25) is 0 Å². The Hall–Kier alpha value is -2.82. The van der Waals surface area contributed by atoms with Crippen LogP contribution in [0.3, 0.4) is 0 Å². The number of aromatic nitrogens is 2. The minimum atomic E-state index is -0.137. The highest BCUT2D eigenvalue weighted by atomic mass is 16.2. The summed E-state index contributed by atoms with van der Waals surface area (Å²) in [5.74, 6) is 0. The molecule has 5 heteroatoms. The molecule has 2 amide bonds. The summed E-state index contributed by atoms with van der Waals surface area (Å²) in [5.41, 5.74) is 4.29. The fourth-order valence-corrected chi connectivity index (χ4v) is 2.75. The molecule has 0 aliphatic carbocycles. The molecule has 0 unspecified atom stereocenters. The maximum absolute atomic E-state index is 12.2. The highest BCUT2D eigenvalue weighted by molar-refractivity contribution is 5.77. The molecule has 3 rings (SSSR count). The fraction of sp³-hybridized carbons (Fsp3) is 0.391. The van der Waals surface area contributed by atoms with Crippen molar-refractivity contribution in [3.8, 4) is 5.69 Å². The quantitative estimate of drug-likeness (QED) is 0.663. The molecule has 2 N–H and O–H groups in total. The second-order valence-electron chi connectivity index (χ2n) is 8.94. The number of nitrogens with zero attached hydrogens (tertiary/aromatic N) is 2. The van der Waals surface area contributed by atoms with Crippen LogP contribution in [0.4, 0.5) is 4.79 Å². The number of benzene rings is 2. The van der Waals surface area contributed by atoms with E-state index in [-0.39, 0.29) is 16.9 Å². The Bertz CT molecular complexity index is 949. The SMILES string of the molecule is CC(C)(C)C(C)(C)CNC(=O)NCc1ccc(-n2cnc3ccccc32)cc1. The van der Waals surface area contributed by atoms with Crippen molar-refractivity contribution in [1.29, 1.82) is 0 Å². The van der Waals surface area contributed by atoms with Gasteiger partial charge < -0.3 is 10.6 Å². The normalized spacial score (nSPS) is 12.2. The minimum Gasteiger partial charge on any atom is -0.338 e. The van der Waals surface area contributed by atoms with Crippen LogP contribution < -0.4 is 10.6 Å². The maximum atomic E-state index is 12.2. The third kappa shape index (κ3) is 4.35. The molecule has 2 aromatic carbocycles. The van der Waals surface area contributed by atoms with E-state index in [4.69, 9.17) is 0 Å². The van der Waals surface area contributed by atoms with E-state index in [1.165, 1.54) is 0 Å². The summed E-state index contributed by atoms with van der Waals surface area (Å²) < 4.78 is 2.06. The molecule has 0 saturated heterocycles. The molecule has 0 bridgehead atoms. The molecule has 0 radical (unpaired) electrons.